The summed E-state index contributed by atoms with van der Waals surface area (Å²) in [6.45, 7) is 2.97. The summed E-state index contributed by atoms with van der Waals surface area (Å²) in [5, 5.41) is 8.82. The fourth-order valence-corrected chi connectivity index (χ4v) is 2.46. The highest BCUT2D eigenvalue weighted by atomic mass is 32.2. The first kappa shape index (κ1) is 15.0. The maximum absolute atomic E-state index is 12.2. The summed E-state index contributed by atoms with van der Waals surface area (Å²) in [6, 6.07) is 0.0679. The Labute approximate surface area is 111 Å². The minimum atomic E-state index is -0.985. The van der Waals surface area contributed by atoms with E-state index in [-0.39, 0.29) is 29.5 Å². The van der Waals surface area contributed by atoms with Gasteiger partial charge in [0.15, 0.2) is 5.12 Å². The van der Waals surface area contributed by atoms with Gasteiger partial charge in [-0.05, 0) is 19.3 Å². The number of hydrogen-bond donors (Lipinski definition) is 1. The number of nitrogens with zero attached hydrogens (tertiary/aromatic N) is 1. The number of carbonyl (C=O) groups is 3. The SMILES string of the molecule is CC(=O)SC[C@@H](C)C(=O)N(CC(=O)O)C1CCC1. The molecule has 1 aliphatic rings. The molecule has 1 aliphatic carbocycles. The summed E-state index contributed by atoms with van der Waals surface area (Å²) in [5.74, 6) is -1.05. The van der Waals surface area contributed by atoms with Gasteiger partial charge in [0, 0.05) is 24.6 Å². The van der Waals surface area contributed by atoms with Crippen molar-refractivity contribution >= 4 is 28.8 Å². The standard InChI is InChI=1S/C12H19NO4S/c1-8(7-18-9(2)14)12(17)13(6-11(15)16)10-4-3-5-10/h8,10H,3-7H2,1-2H3,(H,15,16)/t8-/m1/s1. The molecule has 0 aromatic heterocycles. The zero-order valence-electron chi connectivity index (χ0n) is 10.7. The van der Waals surface area contributed by atoms with E-state index in [4.69, 9.17) is 5.11 Å². The van der Waals surface area contributed by atoms with Crippen molar-refractivity contribution in [1.82, 2.24) is 4.90 Å². The molecule has 102 valence electrons. The molecule has 0 aromatic rings. The van der Waals surface area contributed by atoms with E-state index in [0.29, 0.717) is 5.75 Å². The normalized spacial score (nSPS) is 16.8. The molecule has 5 nitrogen and oxygen atoms in total. The van der Waals surface area contributed by atoms with Gasteiger partial charge in [0.1, 0.15) is 6.54 Å². The van der Waals surface area contributed by atoms with E-state index >= 15 is 0 Å². The van der Waals surface area contributed by atoms with E-state index in [1.807, 2.05) is 0 Å². The van der Waals surface area contributed by atoms with Crippen LogP contribution in [0.3, 0.4) is 0 Å². The van der Waals surface area contributed by atoms with Gasteiger partial charge in [-0.25, -0.2) is 0 Å². The first-order valence-corrected chi connectivity index (χ1v) is 7.06. The van der Waals surface area contributed by atoms with Crippen LogP contribution in [0.5, 0.6) is 0 Å². The van der Waals surface area contributed by atoms with Gasteiger partial charge >= 0.3 is 5.97 Å². The average Bonchev–Trinajstić information content (AvgIpc) is 2.20. The van der Waals surface area contributed by atoms with Crippen LogP contribution in [0.15, 0.2) is 0 Å². The van der Waals surface area contributed by atoms with Gasteiger partial charge in [-0.2, -0.15) is 0 Å². The van der Waals surface area contributed by atoms with Crippen molar-refractivity contribution in [2.24, 2.45) is 5.92 Å². The molecule has 1 fully saturated rings. The quantitative estimate of drug-likeness (QED) is 0.791. The summed E-state index contributed by atoms with van der Waals surface area (Å²) in [6.07, 6.45) is 2.81. The Balaban J connectivity index is 2.56. The first-order valence-electron chi connectivity index (χ1n) is 6.07. The maximum atomic E-state index is 12.2. The van der Waals surface area contributed by atoms with Crippen LogP contribution < -0.4 is 0 Å². The second kappa shape index (κ2) is 6.78. The van der Waals surface area contributed by atoms with Gasteiger partial charge in [0.2, 0.25) is 5.91 Å². The Bertz CT molecular complexity index is 341. The Morgan fingerprint density at radius 3 is 2.39 bits per heavy atom. The lowest BCUT2D eigenvalue weighted by molar-refractivity contribution is -0.149. The predicted molar refractivity (Wildman–Crippen MR) is 69.3 cm³/mol. The second-order valence-electron chi connectivity index (χ2n) is 4.65. The third kappa shape index (κ3) is 4.33. The highest BCUT2D eigenvalue weighted by Gasteiger charge is 2.32. The smallest absolute Gasteiger partial charge is 0.323 e. The Kier molecular flexibility index (Phi) is 5.65. The van der Waals surface area contributed by atoms with Crippen molar-refractivity contribution in [2.75, 3.05) is 12.3 Å². The number of carboxylic acid groups (broad SMARTS) is 1. The lowest BCUT2D eigenvalue weighted by atomic mass is 9.90. The number of carboxylic acids is 1. The molecule has 0 unspecified atom stereocenters. The molecule has 0 heterocycles. The van der Waals surface area contributed by atoms with E-state index < -0.39 is 5.97 Å². The molecule has 0 aliphatic heterocycles. The van der Waals surface area contributed by atoms with Crippen molar-refractivity contribution in [3.8, 4) is 0 Å². The van der Waals surface area contributed by atoms with Crippen molar-refractivity contribution < 1.29 is 19.5 Å². The Morgan fingerprint density at radius 1 is 1.39 bits per heavy atom. The molecule has 1 atom stereocenters. The molecule has 1 saturated carbocycles. The number of amides is 1. The number of aliphatic carboxylic acids is 1. The monoisotopic (exact) mass is 273 g/mol. The highest BCUT2D eigenvalue weighted by molar-refractivity contribution is 8.13. The van der Waals surface area contributed by atoms with Crippen LogP contribution in [0, 0.1) is 5.92 Å². The van der Waals surface area contributed by atoms with Crippen LogP contribution in [0.2, 0.25) is 0 Å². The summed E-state index contributed by atoms with van der Waals surface area (Å²) in [5.41, 5.74) is 0. The van der Waals surface area contributed by atoms with E-state index in [1.54, 1.807) is 6.92 Å². The van der Waals surface area contributed by atoms with Gasteiger partial charge in [0.05, 0.1) is 0 Å². The lowest BCUT2D eigenvalue weighted by Gasteiger charge is -2.37. The van der Waals surface area contributed by atoms with Crippen molar-refractivity contribution in [2.45, 2.75) is 39.2 Å². The number of hydrogen-bond acceptors (Lipinski definition) is 4. The minimum absolute atomic E-state index is 0.0249. The number of thioether (sulfide) groups is 1. The third-order valence-corrected chi connectivity index (χ3v) is 4.14. The van der Waals surface area contributed by atoms with Crippen LogP contribution in [0.25, 0.3) is 0 Å². The first-order chi connectivity index (χ1) is 8.41. The zero-order chi connectivity index (χ0) is 13.7. The van der Waals surface area contributed by atoms with E-state index in [2.05, 4.69) is 0 Å². The van der Waals surface area contributed by atoms with Crippen LogP contribution in [0.1, 0.15) is 33.1 Å². The van der Waals surface area contributed by atoms with Gasteiger partial charge in [-0.15, -0.1) is 0 Å². The van der Waals surface area contributed by atoms with Crippen molar-refractivity contribution in [3.63, 3.8) is 0 Å². The van der Waals surface area contributed by atoms with Crippen LogP contribution in [0.4, 0.5) is 0 Å². The Morgan fingerprint density at radius 2 is 2.00 bits per heavy atom. The van der Waals surface area contributed by atoms with E-state index in [0.717, 1.165) is 31.0 Å². The number of carbonyl (C=O) groups excluding carboxylic acids is 2. The van der Waals surface area contributed by atoms with E-state index in [9.17, 15) is 14.4 Å². The molecule has 0 aromatic carbocycles. The molecule has 0 radical (unpaired) electrons. The second-order valence-corrected chi connectivity index (χ2v) is 5.85. The lowest BCUT2D eigenvalue weighted by Crippen LogP contribution is -2.49. The average molecular weight is 273 g/mol. The summed E-state index contributed by atoms with van der Waals surface area (Å²) in [7, 11) is 0. The fraction of sp³-hybridized carbons (Fsp3) is 0.750. The van der Waals surface area contributed by atoms with Crippen molar-refractivity contribution in [3.05, 3.63) is 0 Å². The van der Waals surface area contributed by atoms with Crippen LogP contribution in [-0.2, 0) is 14.4 Å². The highest BCUT2D eigenvalue weighted by Crippen LogP contribution is 2.26. The summed E-state index contributed by atoms with van der Waals surface area (Å²) in [4.78, 5) is 35.3. The topological polar surface area (TPSA) is 74.7 Å². The van der Waals surface area contributed by atoms with Gasteiger partial charge < -0.3 is 10.0 Å². The molecule has 0 saturated heterocycles. The molecule has 6 heteroatoms. The Hall–Kier alpha value is -1.04. The van der Waals surface area contributed by atoms with Crippen LogP contribution >= 0.6 is 11.8 Å². The molecule has 18 heavy (non-hydrogen) atoms. The molecule has 1 amide bonds. The molecule has 1 N–H and O–H groups in total. The largest absolute Gasteiger partial charge is 0.480 e. The molecular weight excluding hydrogens is 254 g/mol. The zero-order valence-corrected chi connectivity index (χ0v) is 11.5. The summed E-state index contributed by atoms with van der Waals surface area (Å²) >= 11 is 1.11. The van der Waals surface area contributed by atoms with E-state index in [1.165, 1.54) is 11.8 Å². The van der Waals surface area contributed by atoms with Gasteiger partial charge in [-0.3, -0.25) is 14.4 Å². The minimum Gasteiger partial charge on any atom is -0.480 e. The maximum Gasteiger partial charge on any atom is 0.323 e. The molecular formula is C12H19NO4S. The number of rotatable bonds is 6. The van der Waals surface area contributed by atoms with Gasteiger partial charge in [-0.1, -0.05) is 18.7 Å². The molecule has 0 spiro atoms. The molecule has 1 rings (SSSR count). The fourth-order valence-electron chi connectivity index (χ4n) is 1.83. The summed E-state index contributed by atoms with van der Waals surface area (Å²) < 4.78 is 0. The molecule has 0 bridgehead atoms. The third-order valence-electron chi connectivity index (χ3n) is 3.06. The van der Waals surface area contributed by atoms with Crippen LogP contribution in [-0.4, -0.2) is 45.3 Å². The van der Waals surface area contributed by atoms with Gasteiger partial charge in [0.25, 0.3) is 0 Å². The van der Waals surface area contributed by atoms with Crippen molar-refractivity contribution in [1.29, 1.82) is 0 Å². The predicted octanol–water partition coefficient (Wildman–Crippen LogP) is 1.37.